The number of hydrogen-bond acceptors (Lipinski definition) is 0. The molecule has 0 heteroatoms. The van der Waals surface area contributed by atoms with Crippen LogP contribution in [0.25, 0.3) is 0 Å². The molecule has 1 atom stereocenters. The lowest BCUT2D eigenvalue weighted by Crippen LogP contribution is -1.98. The van der Waals surface area contributed by atoms with Gasteiger partial charge in [0.25, 0.3) is 0 Å². The highest BCUT2D eigenvalue weighted by Crippen LogP contribution is 2.14. The minimum Gasteiger partial charge on any atom is -0.0880 e. The standard InChI is InChI=1S/C14H26/c1-12(2)9-7-6-8-10-14(5)11-13(3)4/h6,8-9,13-14H,7,10-11H2,1-5H3. The highest BCUT2D eigenvalue weighted by atomic mass is 14.1. The molecular formula is C14H26. The van der Waals surface area contributed by atoms with Gasteiger partial charge in [-0.2, -0.15) is 0 Å². The number of allylic oxidation sites excluding steroid dienone is 4. The first-order valence-electron chi connectivity index (χ1n) is 5.80. The van der Waals surface area contributed by atoms with Crippen molar-refractivity contribution < 1.29 is 0 Å². The highest BCUT2D eigenvalue weighted by Gasteiger charge is 2.01. The topological polar surface area (TPSA) is 0 Å². The van der Waals surface area contributed by atoms with Crippen LogP contribution in [0, 0.1) is 11.8 Å². The predicted molar refractivity (Wildman–Crippen MR) is 66.4 cm³/mol. The summed E-state index contributed by atoms with van der Waals surface area (Å²) in [4.78, 5) is 0. The zero-order valence-electron chi connectivity index (χ0n) is 10.5. The molecule has 0 fully saturated rings. The third-order valence-electron chi connectivity index (χ3n) is 2.24. The lowest BCUT2D eigenvalue weighted by Gasteiger charge is -2.10. The summed E-state index contributed by atoms with van der Waals surface area (Å²) in [7, 11) is 0. The van der Waals surface area contributed by atoms with E-state index >= 15 is 0 Å². The van der Waals surface area contributed by atoms with E-state index in [-0.39, 0.29) is 0 Å². The van der Waals surface area contributed by atoms with E-state index in [1.54, 1.807) is 0 Å². The summed E-state index contributed by atoms with van der Waals surface area (Å²) in [5.74, 6) is 1.66. The molecule has 0 amide bonds. The minimum absolute atomic E-state index is 0.830. The first-order valence-corrected chi connectivity index (χ1v) is 5.80. The van der Waals surface area contributed by atoms with Crippen LogP contribution in [0.5, 0.6) is 0 Å². The predicted octanol–water partition coefficient (Wildman–Crippen LogP) is 4.97. The molecule has 0 aromatic carbocycles. The molecule has 1 unspecified atom stereocenters. The van der Waals surface area contributed by atoms with E-state index in [0.717, 1.165) is 18.3 Å². The molecule has 0 N–H and O–H groups in total. The van der Waals surface area contributed by atoms with Crippen LogP contribution in [0.1, 0.15) is 53.9 Å². The molecule has 0 radical (unpaired) electrons. The van der Waals surface area contributed by atoms with Gasteiger partial charge in [-0.3, -0.25) is 0 Å². The molecule has 0 aliphatic rings. The summed E-state index contributed by atoms with van der Waals surface area (Å²) < 4.78 is 0. The second-order valence-corrected chi connectivity index (χ2v) is 4.96. The second-order valence-electron chi connectivity index (χ2n) is 4.96. The fourth-order valence-corrected chi connectivity index (χ4v) is 1.63. The van der Waals surface area contributed by atoms with Gasteiger partial charge in [0.2, 0.25) is 0 Å². The summed E-state index contributed by atoms with van der Waals surface area (Å²) in [5, 5.41) is 0. The fourth-order valence-electron chi connectivity index (χ4n) is 1.63. The van der Waals surface area contributed by atoms with Gasteiger partial charge in [0.15, 0.2) is 0 Å². The van der Waals surface area contributed by atoms with Crippen molar-refractivity contribution in [3.05, 3.63) is 23.8 Å². The van der Waals surface area contributed by atoms with E-state index < -0.39 is 0 Å². The Balaban J connectivity index is 3.56. The van der Waals surface area contributed by atoms with Crippen molar-refractivity contribution in [1.82, 2.24) is 0 Å². The molecule has 0 saturated heterocycles. The Bertz CT molecular complexity index is 180. The van der Waals surface area contributed by atoms with Crippen molar-refractivity contribution >= 4 is 0 Å². The van der Waals surface area contributed by atoms with Crippen LogP contribution >= 0.6 is 0 Å². The molecule has 0 spiro atoms. The lowest BCUT2D eigenvalue weighted by molar-refractivity contribution is 0.442. The van der Waals surface area contributed by atoms with Gasteiger partial charge >= 0.3 is 0 Å². The first kappa shape index (κ1) is 13.5. The minimum atomic E-state index is 0.830. The van der Waals surface area contributed by atoms with Gasteiger partial charge in [0, 0.05) is 0 Å². The molecule has 82 valence electrons. The largest absolute Gasteiger partial charge is 0.0880 e. The van der Waals surface area contributed by atoms with E-state index in [2.05, 4.69) is 52.8 Å². The average molecular weight is 194 g/mol. The summed E-state index contributed by atoms with van der Waals surface area (Å²) in [5.41, 5.74) is 1.41. The van der Waals surface area contributed by atoms with Crippen LogP contribution in [-0.4, -0.2) is 0 Å². The summed E-state index contributed by atoms with van der Waals surface area (Å²) in [6.45, 7) is 11.2. The van der Waals surface area contributed by atoms with Crippen molar-refractivity contribution in [1.29, 1.82) is 0 Å². The van der Waals surface area contributed by atoms with E-state index in [1.807, 2.05) is 0 Å². The Labute approximate surface area is 90.1 Å². The van der Waals surface area contributed by atoms with Gasteiger partial charge in [-0.05, 0) is 44.9 Å². The first-order chi connectivity index (χ1) is 6.52. The molecule has 0 aromatic rings. The van der Waals surface area contributed by atoms with Gasteiger partial charge in [0.05, 0.1) is 0 Å². The van der Waals surface area contributed by atoms with E-state index in [4.69, 9.17) is 0 Å². The molecule has 0 aromatic heterocycles. The molecule has 0 rings (SSSR count). The van der Waals surface area contributed by atoms with Crippen LogP contribution in [0.15, 0.2) is 23.8 Å². The van der Waals surface area contributed by atoms with Gasteiger partial charge in [-0.1, -0.05) is 44.6 Å². The van der Waals surface area contributed by atoms with Crippen LogP contribution < -0.4 is 0 Å². The van der Waals surface area contributed by atoms with Gasteiger partial charge in [0.1, 0.15) is 0 Å². The number of hydrogen-bond donors (Lipinski definition) is 0. The van der Waals surface area contributed by atoms with Crippen LogP contribution in [0.3, 0.4) is 0 Å². The van der Waals surface area contributed by atoms with E-state index in [0.29, 0.717) is 0 Å². The van der Waals surface area contributed by atoms with Gasteiger partial charge < -0.3 is 0 Å². The normalized spacial score (nSPS) is 13.6. The van der Waals surface area contributed by atoms with Crippen molar-refractivity contribution in [2.24, 2.45) is 11.8 Å². The molecular weight excluding hydrogens is 168 g/mol. The Morgan fingerprint density at radius 3 is 2.21 bits per heavy atom. The Hall–Kier alpha value is -0.520. The van der Waals surface area contributed by atoms with E-state index in [1.165, 1.54) is 18.4 Å². The molecule has 14 heavy (non-hydrogen) atoms. The quantitative estimate of drug-likeness (QED) is 0.524. The second kappa shape index (κ2) is 7.84. The van der Waals surface area contributed by atoms with Crippen molar-refractivity contribution in [2.45, 2.75) is 53.9 Å². The van der Waals surface area contributed by atoms with E-state index in [9.17, 15) is 0 Å². The maximum absolute atomic E-state index is 2.34. The maximum atomic E-state index is 2.34. The van der Waals surface area contributed by atoms with Crippen molar-refractivity contribution in [3.8, 4) is 0 Å². The monoisotopic (exact) mass is 194 g/mol. The lowest BCUT2D eigenvalue weighted by atomic mass is 9.96. The number of rotatable bonds is 6. The molecule has 0 aliphatic heterocycles. The molecule has 0 bridgehead atoms. The van der Waals surface area contributed by atoms with Crippen LogP contribution in [-0.2, 0) is 0 Å². The average Bonchev–Trinajstić information content (AvgIpc) is 2.01. The molecule has 0 nitrogen and oxygen atoms in total. The van der Waals surface area contributed by atoms with Crippen LogP contribution in [0.2, 0.25) is 0 Å². The van der Waals surface area contributed by atoms with Gasteiger partial charge in [-0.25, -0.2) is 0 Å². The summed E-state index contributed by atoms with van der Waals surface area (Å²) in [6.07, 6.45) is 10.5. The highest BCUT2D eigenvalue weighted by molar-refractivity contribution is 4.99. The maximum Gasteiger partial charge on any atom is -0.0167 e. The Kier molecular flexibility index (Phi) is 7.55. The zero-order valence-corrected chi connectivity index (χ0v) is 10.5. The molecule has 0 saturated carbocycles. The van der Waals surface area contributed by atoms with Crippen LogP contribution in [0.4, 0.5) is 0 Å². The third-order valence-corrected chi connectivity index (χ3v) is 2.24. The Morgan fingerprint density at radius 1 is 1.07 bits per heavy atom. The third kappa shape index (κ3) is 9.57. The molecule has 0 aliphatic carbocycles. The summed E-state index contributed by atoms with van der Waals surface area (Å²) >= 11 is 0. The zero-order chi connectivity index (χ0) is 11.0. The smallest absolute Gasteiger partial charge is 0.0167 e. The van der Waals surface area contributed by atoms with Crippen molar-refractivity contribution in [3.63, 3.8) is 0 Å². The summed E-state index contributed by atoms with van der Waals surface area (Å²) in [6, 6.07) is 0. The Morgan fingerprint density at radius 2 is 1.71 bits per heavy atom. The SMILES string of the molecule is CC(C)=CCC=CCC(C)CC(C)C. The molecule has 0 heterocycles. The fraction of sp³-hybridized carbons (Fsp3) is 0.714. The van der Waals surface area contributed by atoms with Crippen molar-refractivity contribution in [2.75, 3.05) is 0 Å². The van der Waals surface area contributed by atoms with Gasteiger partial charge in [-0.15, -0.1) is 0 Å².